The van der Waals surface area contributed by atoms with Crippen LogP contribution in [0.5, 0.6) is 5.75 Å². The van der Waals surface area contributed by atoms with E-state index in [1.165, 1.54) is 7.11 Å². The van der Waals surface area contributed by atoms with E-state index in [0.29, 0.717) is 24.3 Å². The van der Waals surface area contributed by atoms with E-state index >= 15 is 0 Å². The van der Waals surface area contributed by atoms with Gasteiger partial charge in [0.25, 0.3) is 0 Å². The highest BCUT2D eigenvalue weighted by Crippen LogP contribution is 2.46. The molecular weight excluding hydrogens is 478 g/mol. The number of ether oxygens (including phenoxy) is 2. The molecule has 2 atom stereocenters. The number of hydrogen-bond donors (Lipinski definition) is 1. The lowest BCUT2D eigenvalue weighted by Crippen LogP contribution is -2.40. The maximum Gasteiger partial charge on any atom is 0.315 e. The molecule has 0 saturated carbocycles. The average molecular weight is 502 g/mol. The van der Waals surface area contributed by atoms with Crippen molar-refractivity contribution in [3.63, 3.8) is 0 Å². The van der Waals surface area contributed by atoms with Gasteiger partial charge in [-0.2, -0.15) is 0 Å². The number of rotatable bonds is 5. The van der Waals surface area contributed by atoms with Gasteiger partial charge in [-0.1, -0.05) is 22.5 Å². The number of carbonyl (C=O) groups excluding carboxylic acids is 2. The standard InChI is InChI=1S/C24H24BrNO4S/c1-13-21(24(28)29-3)23(22-18(26-13)5-4-6-19(22)27)20-11-15(14(2)31-20)12-30-17-9-7-16(25)8-10-17/h7-11,21,23,26H,1,4-6,12H2,2-3H3. The first-order chi connectivity index (χ1) is 14.9. The van der Waals surface area contributed by atoms with Crippen LogP contribution in [-0.4, -0.2) is 18.9 Å². The number of nitrogens with one attached hydrogen (secondary N) is 1. The number of thiophene rings is 1. The molecule has 0 bridgehead atoms. The van der Waals surface area contributed by atoms with Gasteiger partial charge in [0.05, 0.1) is 7.11 Å². The third-order valence-electron chi connectivity index (χ3n) is 5.80. The Bertz CT molecular complexity index is 1070. The molecule has 0 saturated heterocycles. The average Bonchev–Trinajstić information content (AvgIpc) is 3.12. The molecule has 1 aliphatic carbocycles. The Morgan fingerprint density at radius 1 is 1.29 bits per heavy atom. The van der Waals surface area contributed by atoms with Crippen LogP contribution in [0.4, 0.5) is 0 Å². The summed E-state index contributed by atoms with van der Waals surface area (Å²) in [5.74, 6) is -0.520. The number of hydrogen-bond acceptors (Lipinski definition) is 6. The Morgan fingerprint density at radius 2 is 2.03 bits per heavy atom. The van der Waals surface area contributed by atoms with Crippen molar-refractivity contribution in [1.29, 1.82) is 0 Å². The lowest BCUT2D eigenvalue weighted by Gasteiger charge is -2.37. The molecular formula is C24H24BrNO4S. The molecule has 0 radical (unpaired) electrons. The molecule has 31 heavy (non-hydrogen) atoms. The predicted octanol–water partition coefficient (Wildman–Crippen LogP) is 5.39. The summed E-state index contributed by atoms with van der Waals surface area (Å²) in [7, 11) is 1.37. The second-order valence-electron chi connectivity index (χ2n) is 7.77. The predicted molar refractivity (Wildman–Crippen MR) is 124 cm³/mol. The Morgan fingerprint density at radius 3 is 2.74 bits per heavy atom. The fourth-order valence-corrected chi connectivity index (χ4v) is 5.69. The van der Waals surface area contributed by atoms with Crippen LogP contribution in [0.15, 0.2) is 58.4 Å². The van der Waals surface area contributed by atoms with Crippen LogP contribution in [0.3, 0.4) is 0 Å². The summed E-state index contributed by atoms with van der Waals surface area (Å²) in [5, 5.41) is 3.23. The van der Waals surface area contributed by atoms with Crippen molar-refractivity contribution in [3.05, 3.63) is 73.7 Å². The van der Waals surface area contributed by atoms with Crippen molar-refractivity contribution in [2.24, 2.45) is 5.92 Å². The Balaban J connectivity index is 1.68. The van der Waals surface area contributed by atoms with Gasteiger partial charge in [0.1, 0.15) is 18.3 Å². The number of allylic oxidation sites excluding steroid dienone is 2. The number of halogens is 1. The van der Waals surface area contributed by atoms with Crippen molar-refractivity contribution in [3.8, 4) is 5.75 Å². The first-order valence-corrected chi connectivity index (χ1v) is 11.8. The molecule has 4 rings (SSSR count). The maximum absolute atomic E-state index is 12.9. The Kier molecular flexibility index (Phi) is 6.34. The lowest BCUT2D eigenvalue weighted by molar-refractivity contribution is -0.144. The molecule has 1 aliphatic heterocycles. The number of methoxy groups -OCH3 is 1. The molecule has 1 N–H and O–H groups in total. The monoisotopic (exact) mass is 501 g/mol. The molecule has 2 unspecified atom stereocenters. The fraction of sp³-hybridized carbons (Fsp3) is 0.333. The van der Waals surface area contributed by atoms with Crippen LogP contribution in [0.1, 0.15) is 40.5 Å². The fourth-order valence-electron chi connectivity index (χ4n) is 4.24. The number of carbonyl (C=O) groups is 2. The molecule has 2 heterocycles. The molecule has 0 fully saturated rings. The zero-order chi connectivity index (χ0) is 22.1. The summed E-state index contributed by atoms with van der Waals surface area (Å²) >= 11 is 5.02. The minimum absolute atomic E-state index is 0.0962. The Hall–Kier alpha value is -2.38. The van der Waals surface area contributed by atoms with Crippen molar-refractivity contribution >= 4 is 39.0 Å². The van der Waals surface area contributed by atoms with Gasteiger partial charge in [-0.05, 0) is 50.1 Å². The van der Waals surface area contributed by atoms with Crippen LogP contribution in [0.2, 0.25) is 0 Å². The minimum atomic E-state index is -0.635. The lowest BCUT2D eigenvalue weighted by atomic mass is 9.74. The van der Waals surface area contributed by atoms with Crippen molar-refractivity contribution < 1.29 is 19.1 Å². The third kappa shape index (κ3) is 4.34. The van der Waals surface area contributed by atoms with Crippen molar-refractivity contribution in [2.45, 2.75) is 38.7 Å². The second kappa shape index (κ2) is 9.01. The van der Waals surface area contributed by atoms with E-state index in [0.717, 1.165) is 44.1 Å². The van der Waals surface area contributed by atoms with Gasteiger partial charge in [0, 0.05) is 49.1 Å². The van der Waals surface area contributed by atoms with Gasteiger partial charge >= 0.3 is 5.97 Å². The molecule has 0 amide bonds. The maximum atomic E-state index is 12.9. The number of ketones is 1. The molecule has 162 valence electrons. The Labute approximate surface area is 194 Å². The van der Waals surface area contributed by atoms with Gasteiger partial charge in [-0.15, -0.1) is 11.3 Å². The summed E-state index contributed by atoms with van der Waals surface area (Å²) in [6.45, 7) is 6.54. The smallest absolute Gasteiger partial charge is 0.315 e. The summed E-state index contributed by atoms with van der Waals surface area (Å²) in [5.41, 5.74) is 3.23. The molecule has 7 heteroatoms. The van der Waals surface area contributed by atoms with Gasteiger partial charge in [-0.25, -0.2) is 0 Å². The van der Waals surface area contributed by atoms with Crippen LogP contribution < -0.4 is 10.1 Å². The molecule has 1 aromatic heterocycles. The summed E-state index contributed by atoms with van der Waals surface area (Å²) in [6.07, 6.45) is 2.10. The highest BCUT2D eigenvalue weighted by molar-refractivity contribution is 9.10. The van der Waals surface area contributed by atoms with Gasteiger partial charge in [-0.3, -0.25) is 9.59 Å². The van der Waals surface area contributed by atoms with Crippen LogP contribution in [0.25, 0.3) is 0 Å². The van der Waals surface area contributed by atoms with Crippen LogP contribution in [-0.2, 0) is 20.9 Å². The van der Waals surface area contributed by atoms with E-state index in [1.807, 2.05) is 31.2 Å². The van der Waals surface area contributed by atoms with Gasteiger partial charge in [0.15, 0.2) is 5.78 Å². The number of esters is 1. The van der Waals surface area contributed by atoms with Crippen molar-refractivity contribution in [1.82, 2.24) is 5.32 Å². The highest BCUT2D eigenvalue weighted by atomic mass is 79.9. The molecule has 0 spiro atoms. The summed E-state index contributed by atoms with van der Waals surface area (Å²) in [4.78, 5) is 27.7. The largest absolute Gasteiger partial charge is 0.489 e. The van der Waals surface area contributed by atoms with Gasteiger partial charge in [0.2, 0.25) is 0 Å². The number of aryl methyl sites for hydroxylation is 1. The highest BCUT2D eigenvalue weighted by Gasteiger charge is 2.44. The van der Waals surface area contributed by atoms with E-state index in [-0.39, 0.29) is 17.7 Å². The normalized spacial score (nSPS) is 20.9. The zero-order valence-electron chi connectivity index (χ0n) is 17.5. The summed E-state index contributed by atoms with van der Waals surface area (Å²) in [6, 6.07) is 9.75. The van der Waals surface area contributed by atoms with E-state index < -0.39 is 5.92 Å². The van der Waals surface area contributed by atoms with Crippen molar-refractivity contribution in [2.75, 3.05) is 7.11 Å². The topological polar surface area (TPSA) is 64.6 Å². The van der Waals surface area contributed by atoms with E-state index in [9.17, 15) is 9.59 Å². The SMILES string of the molecule is C=C1NC2=C(C(=O)CCC2)C(c2cc(COc3ccc(Br)cc3)c(C)s2)C1C(=O)OC. The first kappa shape index (κ1) is 21.8. The molecule has 2 aromatic rings. The molecule has 5 nitrogen and oxygen atoms in total. The van der Waals surface area contributed by atoms with E-state index in [2.05, 4.69) is 33.9 Å². The molecule has 1 aromatic carbocycles. The summed E-state index contributed by atoms with van der Waals surface area (Å²) < 4.78 is 12.0. The van der Waals surface area contributed by atoms with Crippen LogP contribution in [0, 0.1) is 12.8 Å². The zero-order valence-corrected chi connectivity index (χ0v) is 19.9. The van der Waals surface area contributed by atoms with E-state index in [1.54, 1.807) is 11.3 Å². The quantitative estimate of drug-likeness (QED) is 0.556. The van der Waals surface area contributed by atoms with Gasteiger partial charge < -0.3 is 14.8 Å². The second-order valence-corrected chi connectivity index (χ2v) is 9.97. The first-order valence-electron chi connectivity index (χ1n) is 10.2. The number of benzene rings is 1. The minimum Gasteiger partial charge on any atom is -0.489 e. The van der Waals surface area contributed by atoms with Crippen LogP contribution >= 0.6 is 27.3 Å². The van der Waals surface area contributed by atoms with E-state index in [4.69, 9.17) is 9.47 Å². The third-order valence-corrected chi connectivity index (χ3v) is 7.50. The molecule has 2 aliphatic rings. The number of Topliss-reactive ketones (excluding diaryl/α,β-unsaturated/α-hetero) is 1.